The molecule has 0 amide bonds. The number of ether oxygens (including phenoxy) is 1. The molecule has 25 heavy (non-hydrogen) atoms. The Bertz CT molecular complexity index is 549. The fourth-order valence-corrected chi connectivity index (χ4v) is 3.88. The molecule has 1 heterocycles. The van der Waals surface area contributed by atoms with Crippen LogP contribution in [0.3, 0.4) is 0 Å². The lowest BCUT2D eigenvalue weighted by Gasteiger charge is -2.39. The SMILES string of the molecule is N[C@@H]1CCCC[C@H]1N[C@H]1CCCN(c2ccc(OC(F)(F)F)cc2)C1. The van der Waals surface area contributed by atoms with E-state index in [-0.39, 0.29) is 11.8 Å². The van der Waals surface area contributed by atoms with Crippen LogP contribution in [0.1, 0.15) is 38.5 Å². The monoisotopic (exact) mass is 357 g/mol. The van der Waals surface area contributed by atoms with Gasteiger partial charge in [0.2, 0.25) is 0 Å². The standard InChI is InChI=1S/C18H26F3N3O/c19-18(20,21)25-15-9-7-14(8-10-15)24-11-3-4-13(12-24)23-17-6-2-1-5-16(17)22/h7-10,13,16-17,23H,1-6,11-12,22H2/t13-,16+,17+/m0/s1. The summed E-state index contributed by atoms with van der Waals surface area (Å²) < 4.78 is 40.7. The number of nitrogens with zero attached hydrogens (tertiary/aromatic N) is 1. The Labute approximate surface area is 146 Å². The summed E-state index contributed by atoms with van der Waals surface area (Å²) in [5.74, 6) is -0.184. The van der Waals surface area contributed by atoms with Crippen LogP contribution in [0, 0.1) is 0 Å². The first-order chi connectivity index (χ1) is 11.9. The molecule has 0 radical (unpaired) electrons. The first-order valence-electron chi connectivity index (χ1n) is 9.03. The summed E-state index contributed by atoms with van der Waals surface area (Å²) in [5, 5.41) is 3.71. The number of anilines is 1. The molecule has 4 nitrogen and oxygen atoms in total. The van der Waals surface area contributed by atoms with Crippen molar-refractivity contribution in [3.8, 4) is 5.75 Å². The Morgan fingerprint density at radius 2 is 1.76 bits per heavy atom. The predicted molar refractivity (Wildman–Crippen MR) is 91.7 cm³/mol. The number of rotatable bonds is 4. The zero-order chi connectivity index (χ0) is 17.9. The van der Waals surface area contributed by atoms with Gasteiger partial charge in [-0.05, 0) is 49.9 Å². The van der Waals surface area contributed by atoms with Gasteiger partial charge in [0, 0.05) is 36.9 Å². The van der Waals surface area contributed by atoms with E-state index >= 15 is 0 Å². The van der Waals surface area contributed by atoms with Gasteiger partial charge in [0.15, 0.2) is 0 Å². The van der Waals surface area contributed by atoms with E-state index in [2.05, 4.69) is 15.0 Å². The van der Waals surface area contributed by atoms with Crippen molar-refractivity contribution < 1.29 is 17.9 Å². The molecule has 3 rings (SSSR count). The average molecular weight is 357 g/mol. The number of piperidine rings is 1. The summed E-state index contributed by atoms with van der Waals surface area (Å²) in [7, 11) is 0. The maximum Gasteiger partial charge on any atom is 0.573 e. The number of halogens is 3. The van der Waals surface area contributed by atoms with Crippen LogP contribution in [0.15, 0.2) is 24.3 Å². The molecule has 1 aliphatic heterocycles. The maximum absolute atomic E-state index is 12.3. The molecular weight excluding hydrogens is 331 g/mol. The Hall–Kier alpha value is -1.47. The van der Waals surface area contributed by atoms with E-state index in [0.29, 0.717) is 12.1 Å². The quantitative estimate of drug-likeness (QED) is 0.867. The lowest BCUT2D eigenvalue weighted by molar-refractivity contribution is -0.274. The van der Waals surface area contributed by atoms with E-state index < -0.39 is 6.36 Å². The van der Waals surface area contributed by atoms with Gasteiger partial charge in [-0.1, -0.05) is 12.8 Å². The first kappa shape index (κ1) is 18.3. The molecule has 3 atom stereocenters. The molecule has 2 fully saturated rings. The molecule has 3 N–H and O–H groups in total. The van der Waals surface area contributed by atoms with Gasteiger partial charge in [0.05, 0.1) is 0 Å². The normalized spacial score (nSPS) is 28.0. The second kappa shape index (κ2) is 7.83. The van der Waals surface area contributed by atoms with Crippen molar-refractivity contribution in [2.45, 2.75) is 63.0 Å². The number of hydrogen-bond donors (Lipinski definition) is 2. The zero-order valence-corrected chi connectivity index (χ0v) is 14.3. The predicted octanol–water partition coefficient (Wildman–Crippen LogP) is 3.41. The van der Waals surface area contributed by atoms with Gasteiger partial charge >= 0.3 is 6.36 Å². The summed E-state index contributed by atoms with van der Waals surface area (Å²) in [6, 6.07) is 7.09. The van der Waals surface area contributed by atoms with Crippen LogP contribution in [0.5, 0.6) is 5.75 Å². The van der Waals surface area contributed by atoms with Gasteiger partial charge < -0.3 is 20.7 Å². The van der Waals surface area contributed by atoms with Crippen molar-refractivity contribution in [2.75, 3.05) is 18.0 Å². The second-order valence-corrected chi connectivity index (χ2v) is 7.05. The van der Waals surface area contributed by atoms with Crippen LogP contribution in [0.4, 0.5) is 18.9 Å². The summed E-state index contributed by atoms with van der Waals surface area (Å²) in [4.78, 5) is 2.22. The van der Waals surface area contributed by atoms with E-state index in [1.807, 2.05) is 0 Å². The molecule has 0 aromatic heterocycles. The third-order valence-corrected chi connectivity index (χ3v) is 5.13. The maximum atomic E-state index is 12.3. The third kappa shape index (κ3) is 5.25. The average Bonchev–Trinajstić information content (AvgIpc) is 2.57. The highest BCUT2D eigenvalue weighted by Crippen LogP contribution is 2.27. The molecule has 0 spiro atoms. The molecule has 0 bridgehead atoms. The van der Waals surface area contributed by atoms with Crippen molar-refractivity contribution in [3.63, 3.8) is 0 Å². The van der Waals surface area contributed by atoms with Gasteiger partial charge in [0.25, 0.3) is 0 Å². The van der Waals surface area contributed by atoms with E-state index in [1.165, 1.54) is 25.0 Å². The molecule has 1 aliphatic carbocycles. The number of nitrogens with one attached hydrogen (secondary N) is 1. The highest BCUT2D eigenvalue weighted by molar-refractivity contribution is 5.49. The molecule has 1 saturated heterocycles. The van der Waals surface area contributed by atoms with Crippen LogP contribution in [-0.2, 0) is 0 Å². The lowest BCUT2D eigenvalue weighted by Crippen LogP contribution is -2.55. The Balaban J connectivity index is 1.57. The van der Waals surface area contributed by atoms with Crippen molar-refractivity contribution in [2.24, 2.45) is 5.73 Å². The highest BCUT2D eigenvalue weighted by Gasteiger charge is 2.31. The minimum atomic E-state index is -4.65. The molecule has 140 valence electrons. The summed E-state index contributed by atoms with van der Waals surface area (Å²) in [6.45, 7) is 1.76. The number of alkyl halides is 3. The lowest BCUT2D eigenvalue weighted by atomic mass is 9.89. The molecule has 1 saturated carbocycles. The van der Waals surface area contributed by atoms with Crippen molar-refractivity contribution in [3.05, 3.63) is 24.3 Å². The molecule has 0 unspecified atom stereocenters. The minimum Gasteiger partial charge on any atom is -0.406 e. The number of nitrogens with two attached hydrogens (primary N) is 1. The van der Waals surface area contributed by atoms with Crippen LogP contribution < -0.4 is 20.7 Å². The van der Waals surface area contributed by atoms with Crippen molar-refractivity contribution in [1.29, 1.82) is 0 Å². The van der Waals surface area contributed by atoms with Crippen molar-refractivity contribution >= 4 is 5.69 Å². The summed E-state index contributed by atoms with van der Waals surface area (Å²) >= 11 is 0. The Kier molecular flexibility index (Phi) is 5.74. The van der Waals surface area contributed by atoms with E-state index in [4.69, 9.17) is 5.73 Å². The molecular formula is C18H26F3N3O. The van der Waals surface area contributed by atoms with E-state index in [9.17, 15) is 13.2 Å². The van der Waals surface area contributed by atoms with Gasteiger partial charge in [0.1, 0.15) is 5.75 Å². The number of hydrogen-bond acceptors (Lipinski definition) is 4. The van der Waals surface area contributed by atoms with Gasteiger partial charge in [-0.3, -0.25) is 0 Å². The van der Waals surface area contributed by atoms with Crippen LogP contribution in [0.2, 0.25) is 0 Å². The summed E-state index contributed by atoms with van der Waals surface area (Å²) in [6.07, 6.45) is 2.15. The second-order valence-electron chi connectivity index (χ2n) is 7.05. The van der Waals surface area contributed by atoms with Crippen LogP contribution in [-0.4, -0.2) is 37.6 Å². The third-order valence-electron chi connectivity index (χ3n) is 5.13. The fourth-order valence-electron chi connectivity index (χ4n) is 3.88. The van der Waals surface area contributed by atoms with Crippen LogP contribution in [0.25, 0.3) is 0 Å². The largest absolute Gasteiger partial charge is 0.573 e. The fraction of sp³-hybridized carbons (Fsp3) is 0.667. The van der Waals surface area contributed by atoms with E-state index in [1.54, 1.807) is 12.1 Å². The number of benzene rings is 1. The van der Waals surface area contributed by atoms with Crippen molar-refractivity contribution in [1.82, 2.24) is 5.32 Å². The molecule has 7 heteroatoms. The topological polar surface area (TPSA) is 50.5 Å². The minimum absolute atomic E-state index is 0.184. The zero-order valence-electron chi connectivity index (χ0n) is 14.3. The molecule has 1 aromatic carbocycles. The first-order valence-corrected chi connectivity index (χ1v) is 9.03. The van der Waals surface area contributed by atoms with Gasteiger partial charge in [-0.25, -0.2) is 0 Å². The van der Waals surface area contributed by atoms with Gasteiger partial charge in [-0.2, -0.15) is 0 Å². The highest BCUT2D eigenvalue weighted by atomic mass is 19.4. The smallest absolute Gasteiger partial charge is 0.406 e. The van der Waals surface area contributed by atoms with Gasteiger partial charge in [-0.15, -0.1) is 13.2 Å². The Morgan fingerprint density at radius 3 is 2.44 bits per heavy atom. The Morgan fingerprint density at radius 1 is 1.04 bits per heavy atom. The van der Waals surface area contributed by atoms with Crippen LogP contribution >= 0.6 is 0 Å². The molecule has 2 aliphatic rings. The summed E-state index contributed by atoms with van der Waals surface area (Å²) in [5.41, 5.74) is 7.15. The molecule has 1 aromatic rings. The van der Waals surface area contributed by atoms with E-state index in [0.717, 1.165) is 44.5 Å².